The molecule has 1 aliphatic heterocycles. The minimum atomic E-state index is -0.432. The molecule has 192 valence electrons. The number of hydrogen-bond donors (Lipinski definition) is 2. The maximum absolute atomic E-state index is 13.8. The highest BCUT2D eigenvalue weighted by atomic mass is 32.2. The zero-order valence-electron chi connectivity index (χ0n) is 20.9. The fourth-order valence-electron chi connectivity index (χ4n) is 4.59. The summed E-state index contributed by atoms with van der Waals surface area (Å²) in [6.45, 7) is 6.84. The quantitative estimate of drug-likeness (QED) is 0.292. The Labute approximate surface area is 220 Å². The number of hydrogen-bond acceptors (Lipinski definition) is 5. The van der Waals surface area contributed by atoms with Crippen LogP contribution in [0.1, 0.15) is 47.8 Å². The molecule has 0 spiro atoms. The van der Waals surface area contributed by atoms with Crippen molar-refractivity contribution in [2.45, 2.75) is 42.5 Å². The minimum absolute atomic E-state index is 0.283. The largest absolute Gasteiger partial charge is 0.352 e. The number of aromatic amines is 1. The summed E-state index contributed by atoms with van der Waals surface area (Å²) < 4.78 is 15.8. The van der Waals surface area contributed by atoms with Gasteiger partial charge in [-0.25, -0.2) is 4.39 Å². The number of likely N-dealkylation sites (tertiary alicyclic amines) is 1. The third-order valence-electron chi connectivity index (χ3n) is 6.46. The molecule has 0 bridgehead atoms. The van der Waals surface area contributed by atoms with Crippen molar-refractivity contribution in [3.63, 3.8) is 0 Å². The fraction of sp³-hybridized carbons (Fsp3) is 0.321. The lowest BCUT2D eigenvalue weighted by atomic mass is 10.2. The molecule has 1 fully saturated rings. The molecule has 2 N–H and O–H groups in total. The number of aromatic nitrogens is 4. The SMILES string of the molecule is CCNC(=O)c1cc(F)ccc1Sc1ccc2c(/C=C/c3cnn(CCCN4CCCC4)c3)n[nH]c2c1. The van der Waals surface area contributed by atoms with E-state index in [1.807, 2.05) is 48.2 Å². The monoisotopic (exact) mass is 518 g/mol. The van der Waals surface area contributed by atoms with E-state index < -0.39 is 5.82 Å². The Morgan fingerprint density at radius 3 is 2.86 bits per heavy atom. The van der Waals surface area contributed by atoms with Gasteiger partial charge >= 0.3 is 0 Å². The van der Waals surface area contributed by atoms with E-state index in [1.54, 1.807) is 6.07 Å². The van der Waals surface area contributed by atoms with Gasteiger partial charge in [0.15, 0.2) is 0 Å². The normalized spacial score (nSPS) is 14.2. The maximum atomic E-state index is 13.8. The van der Waals surface area contributed by atoms with Gasteiger partial charge in [0.05, 0.1) is 23.0 Å². The molecule has 37 heavy (non-hydrogen) atoms. The fourth-order valence-corrected chi connectivity index (χ4v) is 5.55. The number of benzene rings is 2. The van der Waals surface area contributed by atoms with E-state index in [9.17, 15) is 9.18 Å². The molecular formula is C28H31FN6OS. The van der Waals surface area contributed by atoms with Crippen LogP contribution in [0.4, 0.5) is 4.39 Å². The highest BCUT2D eigenvalue weighted by molar-refractivity contribution is 7.99. The molecule has 1 amide bonds. The Bertz CT molecular complexity index is 1400. The molecule has 9 heteroatoms. The number of nitrogens with zero attached hydrogens (tertiary/aromatic N) is 4. The Morgan fingerprint density at radius 2 is 2.03 bits per heavy atom. The number of rotatable bonds is 10. The van der Waals surface area contributed by atoms with Gasteiger partial charge in [0.2, 0.25) is 0 Å². The Hall–Kier alpha value is -3.43. The second kappa shape index (κ2) is 11.7. The van der Waals surface area contributed by atoms with Crippen LogP contribution >= 0.6 is 11.8 Å². The molecule has 4 aromatic rings. The average molecular weight is 519 g/mol. The molecule has 3 heterocycles. The Kier molecular flexibility index (Phi) is 8.01. The number of H-pyrrole nitrogens is 1. The van der Waals surface area contributed by atoms with Crippen LogP contribution in [-0.2, 0) is 6.54 Å². The summed E-state index contributed by atoms with van der Waals surface area (Å²) in [4.78, 5) is 16.6. The minimum Gasteiger partial charge on any atom is -0.352 e. The van der Waals surface area contributed by atoms with Crippen molar-refractivity contribution in [3.8, 4) is 0 Å². The van der Waals surface area contributed by atoms with Gasteiger partial charge in [0.25, 0.3) is 5.91 Å². The van der Waals surface area contributed by atoms with Gasteiger partial charge in [-0.2, -0.15) is 10.2 Å². The van der Waals surface area contributed by atoms with Crippen molar-refractivity contribution in [2.75, 3.05) is 26.2 Å². The molecule has 0 saturated carbocycles. The highest BCUT2D eigenvalue weighted by Crippen LogP contribution is 2.33. The van der Waals surface area contributed by atoms with Crippen molar-refractivity contribution in [1.29, 1.82) is 0 Å². The predicted octanol–water partition coefficient (Wildman–Crippen LogP) is 5.46. The molecule has 1 aliphatic rings. The first kappa shape index (κ1) is 25.2. The zero-order chi connectivity index (χ0) is 25.6. The van der Waals surface area contributed by atoms with E-state index in [-0.39, 0.29) is 5.91 Å². The number of carbonyl (C=O) groups is 1. The highest BCUT2D eigenvalue weighted by Gasteiger charge is 2.14. The van der Waals surface area contributed by atoms with Crippen LogP contribution in [0.3, 0.4) is 0 Å². The van der Waals surface area contributed by atoms with Crippen molar-refractivity contribution in [2.24, 2.45) is 0 Å². The van der Waals surface area contributed by atoms with E-state index in [0.29, 0.717) is 17.0 Å². The van der Waals surface area contributed by atoms with Crippen molar-refractivity contribution in [3.05, 3.63) is 71.4 Å². The average Bonchev–Trinajstić information content (AvgIpc) is 3.66. The number of aryl methyl sites for hydroxylation is 1. The van der Waals surface area contributed by atoms with Crippen molar-refractivity contribution >= 4 is 40.7 Å². The molecule has 0 aliphatic carbocycles. The van der Waals surface area contributed by atoms with Crippen molar-refractivity contribution in [1.82, 2.24) is 30.2 Å². The number of carbonyl (C=O) groups excluding carboxylic acids is 1. The first-order valence-electron chi connectivity index (χ1n) is 12.8. The lowest BCUT2D eigenvalue weighted by molar-refractivity contribution is 0.0952. The summed E-state index contributed by atoms with van der Waals surface area (Å²) in [5.41, 5.74) is 3.11. The topological polar surface area (TPSA) is 78.8 Å². The number of amides is 1. The standard InChI is InChI=1S/C28H31FN6OS/c1-2-30-28(36)24-16-21(29)7-11-27(24)37-22-8-9-23-25(32-33-26(23)17-22)10-6-20-18-31-35(19-20)15-5-14-34-12-3-4-13-34/h6-11,16-19H,2-5,12-15H2,1H3,(H,30,36)(H,32,33)/b10-6+. The molecule has 1 saturated heterocycles. The Balaban J connectivity index is 1.24. The van der Waals surface area contributed by atoms with Gasteiger partial charge in [0, 0.05) is 40.0 Å². The van der Waals surface area contributed by atoms with E-state index in [0.717, 1.165) is 46.6 Å². The number of halogens is 1. The summed E-state index contributed by atoms with van der Waals surface area (Å²) in [5, 5.41) is 15.8. The summed E-state index contributed by atoms with van der Waals surface area (Å²) in [7, 11) is 0. The van der Waals surface area contributed by atoms with Crippen LogP contribution in [-0.4, -0.2) is 57.0 Å². The Morgan fingerprint density at radius 1 is 1.16 bits per heavy atom. The summed E-state index contributed by atoms with van der Waals surface area (Å²) >= 11 is 1.42. The van der Waals surface area contributed by atoms with Crippen LogP contribution in [0.2, 0.25) is 0 Å². The number of fused-ring (bicyclic) bond motifs is 1. The molecule has 2 aromatic heterocycles. The smallest absolute Gasteiger partial charge is 0.252 e. The van der Waals surface area contributed by atoms with Gasteiger partial charge in [-0.3, -0.25) is 14.6 Å². The van der Waals surface area contributed by atoms with Gasteiger partial charge < -0.3 is 10.2 Å². The summed E-state index contributed by atoms with van der Waals surface area (Å²) in [6, 6.07) is 10.3. The summed E-state index contributed by atoms with van der Waals surface area (Å²) in [6.07, 6.45) is 11.7. The van der Waals surface area contributed by atoms with E-state index >= 15 is 0 Å². The lowest BCUT2D eigenvalue weighted by Crippen LogP contribution is -2.23. The van der Waals surface area contributed by atoms with Gasteiger partial charge in [-0.15, -0.1) is 0 Å². The molecule has 7 nitrogen and oxygen atoms in total. The second-order valence-electron chi connectivity index (χ2n) is 9.19. The van der Waals surface area contributed by atoms with Crippen LogP contribution in [0.5, 0.6) is 0 Å². The molecular weight excluding hydrogens is 487 g/mol. The lowest BCUT2D eigenvalue weighted by Gasteiger charge is -2.13. The van der Waals surface area contributed by atoms with Gasteiger partial charge in [-0.05, 0) is 94.4 Å². The van der Waals surface area contributed by atoms with Crippen LogP contribution in [0, 0.1) is 5.82 Å². The molecule has 0 atom stereocenters. The van der Waals surface area contributed by atoms with Crippen LogP contribution in [0.15, 0.2) is 58.6 Å². The zero-order valence-corrected chi connectivity index (χ0v) is 21.7. The molecule has 0 radical (unpaired) electrons. The van der Waals surface area contributed by atoms with Gasteiger partial charge in [-0.1, -0.05) is 11.8 Å². The van der Waals surface area contributed by atoms with Crippen LogP contribution in [0.25, 0.3) is 23.1 Å². The number of nitrogens with one attached hydrogen (secondary N) is 2. The van der Waals surface area contributed by atoms with Gasteiger partial charge in [0.1, 0.15) is 5.82 Å². The summed E-state index contributed by atoms with van der Waals surface area (Å²) in [5.74, 6) is -0.715. The molecule has 0 unspecified atom stereocenters. The third kappa shape index (κ3) is 6.29. The first-order chi connectivity index (χ1) is 18.1. The maximum Gasteiger partial charge on any atom is 0.252 e. The van der Waals surface area contributed by atoms with E-state index in [1.165, 1.54) is 49.8 Å². The third-order valence-corrected chi connectivity index (χ3v) is 7.53. The second-order valence-corrected chi connectivity index (χ2v) is 10.3. The molecule has 2 aromatic carbocycles. The predicted molar refractivity (Wildman–Crippen MR) is 146 cm³/mol. The first-order valence-corrected chi connectivity index (χ1v) is 13.6. The van der Waals surface area contributed by atoms with Crippen LogP contribution < -0.4 is 5.32 Å². The molecule has 5 rings (SSSR count). The van der Waals surface area contributed by atoms with Crippen molar-refractivity contribution < 1.29 is 9.18 Å². The van der Waals surface area contributed by atoms with E-state index in [2.05, 4.69) is 31.7 Å². The van der Waals surface area contributed by atoms with E-state index in [4.69, 9.17) is 0 Å².